The van der Waals surface area contributed by atoms with E-state index in [1.807, 2.05) is 7.05 Å². The van der Waals surface area contributed by atoms with Crippen LogP contribution in [0.4, 0.5) is 0 Å². The minimum Gasteiger partial charge on any atom is -0.493 e. The third-order valence-electron chi connectivity index (χ3n) is 3.81. The Morgan fingerprint density at radius 2 is 1.63 bits per heavy atom. The van der Waals surface area contributed by atoms with Crippen molar-refractivity contribution in [1.82, 2.24) is 5.32 Å². The molecule has 0 heterocycles. The van der Waals surface area contributed by atoms with Crippen molar-refractivity contribution in [3.05, 3.63) is 17.7 Å². The quantitative estimate of drug-likeness (QED) is 0.821. The Bertz CT molecular complexity index is 416. The van der Waals surface area contributed by atoms with Crippen LogP contribution in [-0.2, 0) is 6.42 Å². The zero-order valence-corrected chi connectivity index (χ0v) is 12.2. The second-order valence-electron chi connectivity index (χ2n) is 5.24. The van der Waals surface area contributed by atoms with Gasteiger partial charge in [0.2, 0.25) is 5.75 Å². The third kappa shape index (κ3) is 2.95. The van der Waals surface area contributed by atoms with E-state index in [0.29, 0.717) is 11.2 Å². The van der Waals surface area contributed by atoms with Crippen LogP contribution in [0, 0.1) is 5.41 Å². The number of rotatable bonds is 7. The van der Waals surface area contributed by atoms with Crippen LogP contribution >= 0.6 is 0 Å². The molecule has 1 saturated carbocycles. The van der Waals surface area contributed by atoms with Gasteiger partial charge in [-0.25, -0.2) is 0 Å². The highest BCUT2D eigenvalue weighted by atomic mass is 16.5. The molecule has 1 aromatic carbocycles. The second kappa shape index (κ2) is 5.70. The largest absolute Gasteiger partial charge is 0.493 e. The monoisotopic (exact) mass is 265 g/mol. The smallest absolute Gasteiger partial charge is 0.203 e. The van der Waals surface area contributed by atoms with E-state index in [9.17, 15) is 0 Å². The molecule has 4 heteroatoms. The molecule has 1 fully saturated rings. The van der Waals surface area contributed by atoms with Gasteiger partial charge in [-0.1, -0.05) is 0 Å². The van der Waals surface area contributed by atoms with Gasteiger partial charge in [-0.3, -0.25) is 0 Å². The molecule has 1 aliphatic rings. The van der Waals surface area contributed by atoms with E-state index in [2.05, 4.69) is 17.4 Å². The molecule has 0 aliphatic heterocycles. The molecule has 0 bridgehead atoms. The summed E-state index contributed by atoms with van der Waals surface area (Å²) < 4.78 is 16.1. The summed E-state index contributed by atoms with van der Waals surface area (Å²) >= 11 is 0. The second-order valence-corrected chi connectivity index (χ2v) is 5.24. The fourth-order valence-electron chi connectivity index (χ4n) is 2.64. The Kier molecular flexibility index (Phi) is 4.20. The Morgan fingerprint density at radius 1 is 1.05 bits per heavy atom. The molecule has 1 aliphatic carbocycles. The zero-order valence-electron chi connectivity index (χ0n) is 12.2. The van der Waals surface area contributed by atoms with Crippen LogP contribution < -0.4 is 19.5 Å². The van der Waals surface area contributed by atoms with Gasteiger partial charge in [0.15, 0.2) is 11.5 Å². The van der Waals surface area contributed by atoms with Crippen LogP contribution in [0.2, 0.25) is 0 Å². The summed E-state index contributed by atoms with van der Waals surface area (Å²) in [6, 6.07) is 4.11. The van der Waals surface area contributed by atoms with Crippen LogP contribution in [0.5, 0.6) is 17.2 Å². The van der Waals surface area contributed by atoms with Gasteiger partial charge in [0.25, 0.3) is 0 Å². The first-order chi connectivity index (χ1) is 9.18. The fraction of sp³-hybridized carbons (Fsp3) is 0.600. The Labute approximate surface area is 115 Å². The number of methoxy groups -OCH3 is 3. The molecular weight excluding hydrogens is 242 g/mol. The molecule has 4 nitrogen and oxygen atoms in total. The summed E-state index contributed by atoms with van der Waals surface area (Å²) in [6.45, 7) is 1.06. The van der Waals surface area contributed by atoms with Crippen molar-refractivity contribution < 1.29 is 14.2 Å². The Morgan fingerprint density at radius 3 is 2.00 bits per heavy atom. The molecule has 0 aromatic heterocycles. The average Bonchev–Trinajstić information content (AvgIpc) is 3.17. The maximum Gasteiger partial charge on any atom is 0.203 e. The zero-order chi connectivity index (χ0) is 13.9. The number of benzene rings is 1. The third-order valence-corrected chi connectivity index (χ3v) is 3.81. The van der Waals surface area contributed by atoms with E-state index in [1.165, 1.54) is 18.4 Å². The normalized spacial score (nSPS) is 16.0. The molecule has 0 unspecified atom stereocenters. The molecule has 0 spiro atoms. The molecular formula is C15H23NO3. The van der Waals surface area contributed by atoms with Gasteiger partial charge in [0.05, 0.1) is 21.3 Å². The number of hydrogen-bond acceptors (Lipinski definition) is 4. The van der Waals surface area contributed by atoms with Gasteiger partial charge < -0.3 is 19.5 Å². The van der Waals surface area contributed by atoms with E-state index in [0.717, 1.165) is 24.5 Å². The van der Waals surface area contributed by atoms with Gasteiger partial charge in [0, 0.05) is 6.54 Å². The molecule has 0 amide bonds. The van der Waals surface area contributed by atoms with Crippen molar-refractivity contribution in [1.29, 1.82) is 0 Å². The predicted octanol–water partition coefficient (Wildman–Crippen LogP) is 2.25. The summed E-state index contributed by atoms with van der Waals surface area (Å²) in [6.07, 6.45) is 3.61. The lowest BCUT2D eigenvalue weighted by Crippen LogP contribution is -2.22. The standard InChI is InChI=1S/C15H23NO3/c1-16-10-15(5-6-15)9-11-7-12(17-2)14(19-4)13(8-11)18-3/h7-8,16H,5-6,9-10H2,1-4H3. The Balaban J connectivity index is 2.26. The lowest BCUT2D eigenvalue weighted by atomic mass is 9.96. The van der Waals surface area contributed by atoms with E-state index in [-0.39, 0.29) is 0 Å². The minimum atomic E-state index is 0.416. The van der Waals surface area contributed by atoms with Gasteiger partial charge in [-0.05, 0) is 49.4 Å². The first-order valence-corrected chi connectivity index (χ1v) is 6.61. The summed E-state index contributed by atoms with van der Waals surface area (Å²) in [7, 11) is 6.95. The van der Waals surface area contributed by atoms with Gasteiger partial charge in [-0.15, -0.1) is 0 Å². The van der Waals surface area contributed by atoms with Crippen molar-refractivity contribution in [3.63, 3.8) is 0 Å². The van der Waals surface area contributed by atoms with Gasteiger partial charge >= 0.3 is 0 Å². The van der Waals surface area contributed by atoms with Crippen LogP contribution in [0.25, 0.3) is 0 Å². The van der Waals surface area contributed by atoms with Crippen molar-refractivity contribution in [2.24, 2.45) is 5.41 Å². The van der Waals surface area contributed by atoms with Crippen molar-refractivity contribution in [2.75, 3.05) is 34.9 Å². The van der Waals surface area contributed by atoms with Crippen molar-refractivity contribution in [2.45, 2.75) is 19.3 Å². The lowest BCUT2D eigenvalue weighted by molar-refractivity contribution is 0.323. The van der Waals surface area contributed by atoms with Crippen molar-refractivity contribution in [3.8, 4) is 17.2 Å². The first-order valence-electron chi connectivity index (χ1n) is 6.61. The summed E-state index contributed by atoms with van der Waals surface area (Å²) in [5, 5.41) is 3.28. The molecule has 0 atom stereocenters. The molecule has 106 valence electrons. The highest BCUT2D eigenvalue weighted by Crippen LogP contribution is 2.49. The number of hydrogen-bond donors (Lipinski definition) is 1. The summed E-state index contributed by atoms with van der Waals surface area (Å²) in [5.74, 6) is 2.13. The molecule has 1 N–H and O–H groups in total. The van der Waals surface area contributed by atoms with Crippen molar-refractivity contribution >= 4 is 0 Å². The molecule has 2 rings (SSSR count). The van der Waals surface area contributed by atoms with Crippen LogP contribution in [0.3, 0.4) is 0 Å². The maximum absolute atomic E-state index is 5.39. The van der Waals surface area contributed by atoms with E-state index in [1.54, 1.807) is 21.3 Å². The number of nitrogens with one attached hydrogen (secondary N) is 1. The first kappa shape index (κ1) is 14.0. The predicted molar refractivity (Wildman–Crippen MR) is 75.4 cm³/mol. The van der Waals surface area contributed by atoms with Crippen LogP contribution in [0.15, 0.2) is 12.1 Å². The highest BCUT2D eigenvalue weighted by Gasteiger charge is 2.41. The average molecular weight is 265 g/mol. The van der Waals surface area contributed by atoms with E-state index >= 15 is 0 Å². The highest BCUT2D eigenvalue weighted by molar-refractivity contribution is 5.54. The SMILES string of the molecule is CNCC1(Cc2cc(OC)c(OC)c(OC)c2)CC1. The summed E-state index contributed by atoms with van der Waals surface area (Å²) in [4.78, 5) is 0. The fourth-order valence-corrected chi connectivity index (χ4v) is 2.64. The molecule has 0 saturated heterocycles. The number of ether oxygens (including phenoxy) is 3. The minimum absolute atomic E-state index is 0.416. The van der Waals surface area contributed by atoms with Crippen LogP contribution in [-0.4, -0.2) is 34.9 Å². The van der Waals surface area contributed by atoms with Gasteiger partial charge in [-0.2, -0.15) is 0 Å². The topological polar surface area (TPSA) is 39.7 Å². The van der Waals surface area contributed by atoms with E-state index < -0.39 is 0 Å². The lowest BCUT2D eigenvalue weighted by Gasteiger charge is -2.18. The van der Waals surface area contributed by atoms with E-state index in [4.69, 9.17) is 14.2 Å². The summed E-state index contributed by atoms with van der Waals surface area (Å²) in [5.41, 5.74) is 1.65. The molecule has 19 heavy (non-hydrogen) atoms. The maximum atomic E-state index is 5.39. The van der Waals surface area contributed by atoms with Crippen LogP contribution in [0.1, 0.15) is 18.4 Å². The molecule has 1 aromatic rings. The molecule has 0 radical (unpaired) electrons. The van der Waals surface area contributed by atoms with Gasteiger partial charge in [0.1, 0.15) is 0 Å². The Hall–Kier alpha value is -1.42.